The van der Waals surface area contributed by atoms with E-state index in [0.717, 1.165) is 33.2 Å². The summed E-state index contributed by atoms with van der Waals surface area (Å²) in [5.41, 5.74) is 13.8. The molecule has 0 spiro atoms. The van der Waals surface area contributed by atoms with Crippen molar-refractivity contribution in [2.75, 3.05) is 0 Å². The van der Waals surface area contributed by atoms with Crippen LogP contribution in [0.3, 0.4) is 0 Å². The fraction of sp³-hybridized carbons (Fsp3) is 0. The van der Waals surface area contributed by atoms with Gasteiger partial charge in [0.05, 0.1) is 22.1 Å². The van der Waals surface area contributed by atoms with E-state index in [0.29, 0.717) is 0 Å². The Bertz CT molecular complexity index is 2470. The average Bonchev–Trinajstić information content (AvgIpc) is 3.67. The van der Waals surface area contributed by atoms with Crippen molar-refractivity contribution in [1.82, 2.24) is 0 Å². The van der Waals surface area contributed by atoms with Gasteiger partial charge in [-0.3, -0.25) is 0 Å². The summed E-state index contributed by atoms with van der Waals surface area (Å²) in [5, 5.41) is 4.33. The minimum absolute atomic E-state index is 0.974. The lowest BCUT2D eigenvalue weighted by molar-refractivity contribution is 1.36. The summed E-state index contributed by atoms with van der Waals surface area (Å²) in [7, 11) is 0. The predicted molar refractivity (Wildman–Crippen MR) is 179 cm³/mol. The molecule has 0 unspecified atom stereocenters. The van der Waals surface area contributed by atoms with Gasteiger partial charge >= 0.3 is 0 Å². The Morgan fingerprint density at radius 2 is 0.909 bits per heavy atom. The van der Waals surface area contributed by atoms with Crippen LogP contribution in [0.4, 0.5) is 11.4 Å². The maximum atomic E-state index is 5.21. The second-order valence-electron chi connectivity index (χ2n) is 11.3. The average molecular weight is 559 g/mol. The summed E-state index contributed by atoms with van der Waals surface area (Å²) < 4.78 is 0. The second-order valence-corrected chi connectivity index (χ2v) is 11.3. The van der Waals surface area contributed by atoms with Crippen molar-refractivity contribution in [3.63, 3.8) is 0 Å². The van der Waals surface area contributed by atoms with Gasteiger partial charge in [0.2, 0.25) is 0 Å². The maximum Gasteiger partial charge on any atom is 0.0817 e. The second kappa shape index (κ2) is 9.86. The van der Waals surface area contributed by atoms with E-state index in [-0.39, 0.29) is 0 Å². The predicted octanol–water partition coefficient (Wildman–Crippen LogP) is 9.84. The summed E-state index contributed by atoms with van der Waals surface area (Å²) in [6.07, 6.45) is 0. The number of hydrogen-bond acceptors (Lipinski definition) is 2. The zero-order chi connectivity index (χ0) is 29.0. The SMILES string of the molecule is c1ccc(-c2cccc(-c3c(-c4ccccc4)ccc4c3-c3c5c(ccc3=N4)=c3ccccc3=N5)c2-c2ccccc2)cc1. The molecule has 7 aromatic rings. The van der Waals surface area contributed by atoms with Gasteiger partial charge in [0.1, 0.15) is 0 Å². The Labute approximate surface area is 255 Å². The molecule has 2 heterocycles. The van der Waals surface area contributed by atoms with E-state index in [1.165, 1.54) is 54.9 Å². The summed E-state index contributed by atoms with van der Waals surface area (Å²) in [6.45, 7) is 0. The lowest BCUT2D eigenvalue weighted by Gasteiger charge is -2.22. The van der Waals surface area contributed by atoms with Crippen LogP contribution in [0.15, 0.2) is 168 Å². The monoisotopic (exact) mass is 558 g/mol. The number of benzene rings is 7. The van der Waals surface area contributed by atoms with E-state index in [1.54, 1.807) is 0 Å². The van der Waals surface area contributed by atoms with E-state index in [9.17, 15) is 0 Å². The van der Waals surface area contributed by atoms with Crippen molar-refractivity contribution in [3.8, 4) is 55.6 Å². The quantitative estimate of drug-likeness (QED) is 0.205. The Morgan fingerprint density at radius 3 is 1.64 bits per heavy atom. The summed E-state index contributed by atoms with van der Waals surface area (Å²) in [6, 6.07) is 56.1. The van der Waals surface area contributed by atoms with E-state index >= 15 is 0 Å². The Morgan fingerprint density at radius 1 is 0.295 bits per heavy atom. The normalized spacial score (nSPS) is 12.0. The van der Waals surface area contributed by atoms with Crippen LogP contribution in [0.5, 0.6) is 0 Å². The highest BCUT2D eigenvalue weighted by Gasteiger charge is 2.28. The molecule has 2 heteroatoms. The van der Waals surface area contributed by atoms with Crippen LogP contribution >= 0.6 is 0 Å². The summed E-state index contributed by atoms with van der Waals surface area (Å²) in [5.74, 6) is 0. The highest BCUT2D eigenvalue weighted by molar-refractivity contribution is 6.08. The molecule has 0 saturated carbocycles. The molecule has 0 fully saturated rings. The van der Waals surface area contributed by atoms with Crippen molar-refractivity contribution in [2.45, 2.75) is 0 Å². The minimum atomic E-state index is 0.974. The van der Waals surface area contributed by atoms with Crippen LogP contribution in [-0.2, 0) is 0 Å². The van der Waals surface area contributed by atoms with E-state index < -0.39 is 0 Å². The van der Waals surface area contributed by atoms with Gasteiger partial charge in [0, 0.05) is 27.1 Å². The molecular weight excluding hydrogens is 532 g/mol. The summed E-state index contributed by atoms with van der Waals surface area (Å²) in [4.78, 5) is 10.4. The molecule has 44 heavy (non-hydrogen) atoms. The van der Waals surface area contributed by atoms with Gasteiger partial charge in [-0.2, -0.15) is 0 Å². The largest absolute Gasteiger partial charge is 0.248 e. The van der Waals surface area contributed by atoms with Gasteiger partial charge in [-0.25, -0.2) is 9.98 Å². The van der Waals surface area contributed by atoms with Gasteiger partial charge in [-0.1, -0.05) is 133 Å². The van der Waals surface area contributed by atoms with Gasteiger partial charge in [-0.15, -0.1) is 0 Å². The Kier molecular flexibility index (Phi) is 5.54. The molecule has 0 aromatic heterocycles. The molecule has 9 rings (SSSR count). The maximum absolute atomic E-state index is 5.21. The third kappa shape index (κ3) is 3.75. The molecule has 0 saturated heterocycles. The zero-order valence-corrected chi connectivity index (χ0v) is 23.9. The van der Waals surface area contributed by atoms with Crippen LogP contribution in [0, 0.1) is 10.4 Å². The molecule has 0 bridgehead atoms. The van der Waals surface area contributed by atoms with Crippen molar-refractivity contribution in [2.24, 2.45) is 9.98 Å². The van der Waals surface area contributed by atoms with Crippen molar-refractivity contribution >= 4 is 11.4 Å². The first-order chi connectivity index (χ1) is 21.8. The molecule has 2 aliphatic heterocycles. The molecule has 0 atom stereocenters. The third-order valence-corrected chi connectivity index (χ3v) is 8.82. The van der Waals surface area contributed by atoms with Crippen molar-refractivity contribution in [3.05, 3.63) is 179 Å². The van der Waals surface area contributed by atoms with Crippen LogP contribution in [0.2, 0.25) is 0 Å². The molecule has 2 nitrogen and oxygen atoms in total. The number of rotatable bonds is 4. The number of para-hydroxylation sites is 1. The molecule has 7 aromatic carbocycles. The smallest absolute Gasteiger partial charge is 0.0817 e. The summed E-state index contributed by atoms with van der Waals surface area (Å²) >= 11 is 0. The highest BCUT2D eigenvalue weighted by atomic mass is 14.8. The third-order valence-electron chi connectivity index (χ3n) is 8.82. The van der Waals surface area contributed by atoms with Crippen LogP contribution in [-0.4, -0.2) is 0 Å². The minimum Gasteiger partial charge on any atom is -0.248 e. The fourth-order valence-electron chi connectivity index (χ4n) is 6.91. The molecular formula is C42H26N2. The van der Waals surface area contributed by atoms with Crippen molar-refractivity contribution < 1.29 is 0 Å². The lowest BCUT2D eigenvalue weighted by Crippen LogP contribution is -2.02. The van der Waals surface area contributed by atoms with E-state index in [1.807, 2.05) is 0 Å². The van der Waals surface area contributed by atoms with Gasteiger partial charge in [0.25, 0.3) is 0 Å². The molecule has 2 aliphatic rings. The fourth-order valence-corrected chi connectivity index (χ4v) is 6.91. The van der Waals surface area contributed by atoms with Crippen LogP contribution in [0.25, 0.3) is 55.6 Å². The molecule has 204 valence electrons. The van der Waals surface area contributed by atoms with E-state index in [4.69, 9.17) is 9.98 Å². The Hall–Kier alpha value is -5.86. The number of nitrogens with zero attached hydrogens (tertiary/aromatic N) is 2. The Balaban J connectivity index is 1.44. The van der Waals surface area contributed by atoms with Gasteiger partial charge in [-0.05, 0) is 63.2 Å². The van der Waals surface area contributed by atoms with E-state index in [2.05, 4.69) is 158 Å². The van der Waals surface area contributed by atoms with Crippen LogP contribution < -0.4 is 10.7 Å². The molecule has 0 radical (unpaired) electrons. The van der Waals surface area contributed by atoms with Crippen molar-refractivity contribution in [1.29, 1.82) is 0 Å². The number of fused-ring (bicyclic) bond motifs is 6. The topological polar surface area (TPSA) is 24.7 Å². The lowest BCUT2D eigenvalue weighted by atomic mass is 9.81. The first kappa shape index (κ1) is 24.7. The standard InChI is InChI=1S/C42H26N2/c1-4-13-27(14-5-1)30-20-12-21-34(38(30)29-17-8-3-9-18-29)39-31(28-15-6-2-7-16-28)23-25-36-40(39)41-37(43-36)26-24-33-32-19-10-11-22-35(32)44-42(33)41/h1-26H. The van der Waals surface area contributed by atoms with Gasteiger partial charge < -0.3 is 0 Å². The zero-order valence-electron chi connectivity index (χ0n) is 23.9. The number of hydrogen-bond donors (Lipinski definition) is 0. The molecule has 0 amide bonds. The highest BCUT2D eigenvalue weighted by Crippen LogP contribution is 2.52. The molecule has 0 aliphatic carbocycles. The first-order valence-electron chi connectivity index (χ1n) is 15.0. The van der Waals surface area contributed by atoms with Crippen LogP contribution in [0.1, 0.15) is 0 Å². The van der Waals surface area contributed by atoms with Gasteiger partial charge in [0.15, 0.2) is 0 Å². The first-order valence-corrected chi connectivity index (χ1v) is 15.0. The molecule has 0 N–H and O–H groups in total.